The van der Waals surface area contributed by atoms with E-state index in [0.29, 0.717) is 11.6 Å². The maximum atomic E-state index is 6.04. The molecule has 0 radical (unpaired) electrons. The van der Waals surface area contributed by atoms with Gasteiger partial charge in [0, 0.05) is 11.6 Å². The lowest BCUT2D eigenvalue weighted by molar-refractivity contribution is 0.284. The van der Waals surface area contributed by atoms with E-state index in [1.165, 1.54) is 56.3 Å². The Balaban J connectivity index is 1.49. The van der Waals surface area contributed by atoms with Gasteiger partial charge < -0.3 is 19.1 Å². The number of imidazole rings is 1. The van der Waals surface area contributed by atoms with Gasteiger partial charge in [-0.1, -0.05) is 43.0 Å². The first-order valence-electron chi connectivity index (χ1n) is 12.6. The fourth-order valence-electron chi connectivity index (χ4n) is 4.32. The van der Waals surface area contributed by atoms with Crippen molar-refractivity contribution in [2.24, 2.45) is 0 Å². The number of unbranched alkanes of at least 4 members (excludes halogenated alkanes) is 4. The van der Waals surface area contributed by atoms with E-state index in [1.807, 2.05) is 24.3 Å². The Morgan fingerprint density at radius 2 is 1.53 bits per heavy atom. The van der Waals surface area contributed by atoms with Gasteiger partial charge in [-0.05, 0) is 103 Å². The largest absolute Gasteiger partial charge is 0.486 e. The first-order chi connectivity index (χ1) is 16.4. The number of hydrogen-bond acceptors (Lipinski definition) is 4. The minimum Gasteiger partial charge on any atom is -0.486 e. The number of benzene rings is 2. The van der Waals surface area contributed by atoms with Crippen LogP contribution < -0.4 is 4.74 Å². The number of aryl methyl sites for hydroxylation is 2. The molecule has 1 aromatic heterocycles. The highest BCUT2D eigenvalue weighted by Gasteiger charge is 2.13. The molecule has 0 spiro atoms. The van der Waals surface area contributed by atoms with Gasteiger partial charge in [0.15, 0.2) is 0 Å². The van der Waals surface area contributed by atoms with Gasteiger partial charge in [-0.25, -0.2) is 4.98 Å². The van der Waals surface area contributed by atoms with Crippen molar-refractivity contribution in [1.29, 1.82) is 0 Å². The third-order valence-corrected chi connectivity index (χ3v) is 6.56. The van der Waals surface area contributed by atoms with Gasteiger partial charge in [0.25, 0.3) is 0 Å². The maximum absolute atomic E-state index is 6.04. The van der Waals surface area contributed by atoms with Crippen LogP contribution in [-0.2, 0) is 13.2 Å². The molecule has 0 aliphatic carbocycles. The number of aromatic nitrogens is 2. The van der Waals surface area contributed by atoms with E-state index in [4.69, 9.17) is 21.3 Å². The molecule has 0 aliphatic heterocycles. The number of rotatable bonds is 15. The maximum Gasteiger partial charge on any atom is 0.148 e. The Hall–Kier alpha value is -2.08. The summed E-state index contributed by atoms with van der Waals surface area (Å²) < 4.78 is 8.37. The summed E-state index contributed by atoms with van der Waals surface area (Å²) in [7, 11) is 6.55. The standard InChI is InChI=1S/C28H41ClN4O/c1-23-12-10-13-26-28(23)30-27(22-34-25-16-14-24(29)15-17-25)33(26)21-11-20-32(4)19-9-7-5-6-8-18-31(2)3/h10,12-17H,5-9,11,18-22H2,1-4H3. The average molecular weight is 485 g/mol. The van der Waals surface area contributed by atoms with E-state index >= 15 is 0 Å². The normalized spacial score (nSPS) is 11.7. The van der Waals surface area contributed by atoms with Crippen molar-refractivity contribution in [3.8, 4) is 5.75 Å². The summed E-state index contributed by atoms with van der Waals surface area (Å²) in [4.78, 5) is 9.67. The number of nitrogens with zero attached hydrogens (tertiary/aromatic N) is 4. The number of para-hydroxylation sites is 1. The monoisotopic (exact) mass is 484 g/mol. The molecule has 0 aliphatic rings. The van der Waals surface area contributed by atoms with E-state index in [1.54, 1.807) is 0 Å². The Morgan fingerprint density at radius 3 is 2.26 bits per heavy atom. The van der Waals surface area contributed by atoms with Gasteiger partial charge in [0.1, 0.15) is 18.2 Å². The molecule has 6 heteroatoms. The summed E-state index contributed by atoms with van der Waals surface area (Å²) >= 11 is 6.00. The van der Waals surface area contributed by atoms with Crippen LogP contribution in [0.3, 0.4) is 0 Å². The van der Waals surface area contributed by atoms with E-state index in [-0.39, 0.29) is 0 Å². The molecule has 0 saturated heterocycles. The number of halogens is 1. The lowest BCUT2D eigenvalue weighted by Gasteiger charge is -2.17. The summed E-state index contributed by atoms with van der Waals surface area (Å²) in [6, 6.07) is 13.9. The van der Waals surface area contributed by atoms with Crippen LogP contribution >= 0.6 is 11.6 Å². The molecule has 34 heavy (non-hydrogen) atoms. The number of hydrogen-bond donors (Lipinski definition) is 0. The first-order valence-corrected chi connectivity index (χ1v) is 13.0. The van der Waals surface area contributed by atoms with Crippen molar-refractivity contribution in [3.63, 3.8) is 0 Å². The van der Waals surface area contributed by atoms with Crippen LogP contribution in [0.4, 0.5) is 0 Å². The molecule has 1 heterocycles. The van der Waals surface area contributed by atoms with Crippen LogP contribution in [-0.4, -0.2) is 60.1 Å². The smallest absolute Gasteiger partial charge is 0.148 e. The molecule has 0 bridgehead atoms. The predicted octanol–water partition coefficient (Wildman–Crippen LogP) is 6.41. The molecule has 2 aromatic carbocycles. The van der Waals surface area contributed by atoms with Crippen molar-refractivity contribution < 1.29 is 4.74 Å². The van der Waals surface area contributed by atoms with E-state index in [2.05, 4.69) is 60.6 Å². The lowest BCUT2D eigenvalue weighted by Crippen LogP contribution is -2.22. The van der Waals surface area contributed by atoms with Gasteiger partial charge in [-0.2, -0.15) is 0 Å². The predicted molar refractivity (Wildman–Crippen MR) is 144 cm³/mol. The van der Waals surface area contributed by atoms with Crippen LogP contribution in [0.25, 0.3) is 11.0 Å². The summed E-state index contributed by atoms with van der Waals surface area (Å²) in [5.41, 5.74) is 3.46. The first kappa shape index (κ1) is 26.5. The lowest BCUT2D eigenvalue weighted by atomic mass is 10.1. The van der Waals surface area contributed by atoms with Crippen molar-refractivity contribution in [1.82, 2.24) is 19.4 Å². The van der Waals surface area contributed by atoms with Crippen molar-refractivity contribution in [2.75, 3.05) is 40.8 Å². The van der Waals surface area contributed by atoms with Crippen molar-refractivity contribution in [3.05, 3.63) is 58.9 Å². The van der Waals surface area contributed by atoms with Gasteiger partial charge in [0.2, 0.25) is 0 Å². The molecule has 0 amide bonds. The minimum absolute atomic E-state index is 0.444. The van der Waals surface area contributed by atoms with Crippen LogP contribution in [0.5, 0.6) is 5.75 Å². The fourth-order valence-corrected chi connectivity index (χ4v) is 4.45. The second-order valence-corrected chi connectivity index (χ2v) is 10.0. The molecule has 0 saturated carbocycles. The highest BCUT2D eigenvalue weighted by Crippen LogP contribution is 2.22. The molecule has 0 fully saturated rings. The Labute approximate surface area is 210 Å². The molecule has 0 N–H and O–H groups in total. The summed E-state index contributed by atoms with van der Waals surface area (Å²) in [6.07, 6.45) is 7.70. The quantitative estimate of drug-likeness (QED) is 0.233. The second kappa shape index (κ2) is 13.7. The Morgan fingerprint density at radius 1 is 0.853 bits per heavy atom. The molecule has 5 nitrogen and oxygen atoms in total. The Bertz CT molecular complexity index is 1000. The molecule has 0 atom stereocenters. The Kier molecular flexibility index (Phi) is 10.7. The SMILES string of the molecule is Cc1cccc2c1nc(COc1ccc(Cl)cc1)n2CCCN(C)CCCCCCCN(C)C. The number of ether oxygens (including phenoxy) is 1. The third-order valence-electron chi connectivity index (χ3n) is 6.31. The topological polar surface area (TPSA) is 33.5 Å². The van der Waals surface area contributed by atoms with Gasteiger partial charge >= 0.3 is 0 Å². The van der Waals surface area contributed by atoms with E-state index in [9.17, 15) is 0 Å². The van der Waals surface area contributed by atoms with Crippen molar-refractivity contribution >= 4 is 22.6 Å². The van der Waals surface area contributed by atoms with E-state index in [0.717, 1.165) is 36.6 Å². The fraction of sp³-hybridized carbons (Fsp3) is 0.536. The molecule has 3 aromatic rings. The van der Waals surface area contributed by atoms with Gasteiger partial charge in [-0.3, -0.25) is 0 Å². The minimum atomic E-state index is 0.444. The van der Waals surface area contributed by atoms with Crippen LogP contribution in [0.2, 0.25) is 5.02 Å². The summed E-state index contributed by atoms with van der Waals surface area (Å²) in [5.74, 6) is 1.78. The summed E-state index contributed by atoms with van der Waals surface area (Å²) in [6.45, 7) is 6.97. The highest BCUT2D eigenvalue weighted by atomic mass is 35.5. The zero-order valence-electron chi connectivity index (χ0n) is 21.4. The van der Waals surface area contributed by atoms with Crippen LogP contribution in [0.1, 0.15) is 49.9 Å². The number of fused-ring (bicyclic) bond motifs is 1. The van der Waals surface area contributed by atoms with Crippen LogP contribution in [0.15, 0.2) is 42.5 Å². The van der Waals surface area contributed by atoms with Crippen molar-refractivity contribution in [2.45, 2.75) is 58.6 Å². The van der Waals surface area contributed by atoms with Gasteiger partial charge in [-0.15, -0.1) is 0 Å². The molecular formula is C28H41ClN4O. The highest BCUT2D eigenvalue weighted by molar-refractivity contribution is 6.30. The van der Waals surface area contributed by atoms with E-state index < -0.39 is 0 Å². The molecular weight excluding hydrogens is 444 g/mol. The molecule has 0 unspecified atom stereocenters. The zero-order valence-corrected chi connectivity index (χ0v) is 22.2. The summed E-state index contributed by atoms with van der Waals surface area (Å²) in [5, 5.41) is 0.712. The van der Waals surface area contributed by atoms with Gasteiger partial charge in [0.05, 0.1) is 11.0 Å². The molecule has 3 rings (SSSR count). The zero-order chi connectivity index (χ0) is 24.3. The average Bonchev–Trinajstić information content (AvgIpc) is 3.17. The van der Waals surface area contributed by atoms with Crippen LogP contribution in [0, 0.1) is 6.92 Å². The second-order valence-electron chi connectivity index (χ2n) is 9.59. The molecule has 186 valence electrons. The third kappa shape index (κ3) is 8.30.